The van der Waals surface area contributed by atoms with Crippen LogP contribution in [0.5, 0.6) is 0 Å². The predicted molar refractivity (Wildman–Crippen MR) is 66.0 cm³/mol. The smallest absolute Gasteiger partial charge is 0.242 e. The molecule has 1 aliphatic rings. The summed E-state index contributed by atoms with van der Waals surface area (Å²) in [7, 11) is 1.62. The maximum absolute atomic E-state index is 11.9. The second-order valence-electron chi connectivity index (χ2n) is 4.55. The summed E-state index contributed by atoms with van der Waals surface area (Å²) < 4.78 is 5.43. The van der Waals surface area contributed by atoms with Crippen molar-refractivity contribution in [2.75, 3.05) is 39.9 Å². The second kappa shape index (κ2) is 7.33. The zero-order chi connectivity index (χ0) is 13.5. The van der Waals surface area contributed by atoms with Gasteiger partial charge in [-0.25, -0.2) is 0 Å². The lowest BCUT2D eigenvalue weighted by Gasteiger charge is -2.32. The lowest BCUT2D eigenvalue weighted by molar-refractivity contribution is -0.140. The Morgan fingerprint density at radius 2 is 2.00 bits per heavy atom. The molecule has 6 nitrogen and oxygen atoms in total. The van der Waals surface area contributed by atoms with Gasteiger partial charge in [-0.15, -0.1) is 0 Å². The molecular weight excluding hydrogens is 236 g/mol. The van der Waals surface area contributed by atoms with Crippen LogP contribution in [-0.4, -0.2) is 72.7 Å². The third-order valence-electron chi connectivity index (χ3n) is 3.15. The number of likely N-dealkylation sites (tertiary alicyclic amines) is 1. The van der Waals surface area contributed by atoms with Crippen molar-refractivity contribution in [3.8, 4) is 0 Å². The highest BCUT2D eigenvalue weighted by Gasteiger charge is 2.23. The minimum Gasteiger partial charge on any atom is -0.394 e. The fraction of sp³-hybridized carbons (Fsp3) is 0.833. The molecule has 0 aromatic heterocycles. The highest BCUT2D eigenvalue weighted by Crippen LogP contribution is 2.13. The van der Waals surface area contributed by atoms with E-state index in [2.05, 4.69) is 0 Å². The molecule has 0 aromatic carbocycles. The van der Waals surface area contributed by atoms with Crippen molar-refractivity contribution in [3.05, 3.63) is 0 Å². The Hall–Kier alpha value is -1.14. The van der Waals surface area contributed by atoms with Gasteiger partial charge < -0.3 is 19.6 Å². The molecule has 0 saturated carbocycles. The molecule has 6 heteroatoms. The monoisotopic (exact) mass is 258 g/mol. The number of carbonyl (C=O) groups excluding carboxylic acids is 2. The molecule has 18 heavy (non-hydrogen) atoms. The van der Waals surface area contributed by atoms with E-state index in [1.165, 1.54) is 11.8 Å². The molecule has 0 spiro atoms. The average molecular weight is 258 g/mol. The largest absolute Gasteiger partial charge is 0.394 e. The Bertz CT molecular complexity index is 288. The molecule has 2 amide bonds. The van der Waals surface area contributed by atoms with Gasteiger partial charge in [-0.05, 0) is 12.8 Å². The minimum absolute atomic E-state index is 0.0201. The van der Waals surface area contributed by atoms with Gasteiger partial charge in [0, 0.05) is 27.1 Å². The van der Waals surface area contributed by atoms with Gasteiger partial charge in [0.25, 0.3) is 0 Å². The maximum atomic E-state index is 11.9. The number of aliphatic hydroxyl groups excluding tert-OH is 1. The van der Waals surface area contributed by atoms with E-state index in [0.29, 0.717) is 19.7 Å². The Kier molecular flexibility index (Phi) is 6.07. The molecular formula is C12H22N2O4. The fourth-order valence-corrected chi connectivity index (χ4v) is 1.91. The zero-order valence-electron chi connectivity index (χ0n) is 11.1. The number of aliphatic hydroxyl groups is 1. The molecule has 0 unspecified atom stereocenters. The van der Waals surface area contributed by atoms with Crippen molar-refractivity contribution in [1.82, 2.24) is 9.80 Å². The fourth-order valence-electron chi connectivity index (χ4n) is 1.91. The number of amides is 2. The SMILES string of the molecule is CC(=O)N(C)CC(=O)N1CCC(OCCO)CC1. The van der Waals surface area contributed by atoms with E-state index in [4.69, 9.17) is 9.84 Å². The van der Waals surface area contributed by atoms with Crippen LogP contribution in [0.1, 0.15) is 19.8 Å². The highest BCUT2D eigenvalue weighted by atomic mass is 16.5. The summed E-state index contributed by atoms with van der Waals surface area (Å²) in [5.74, 6) is -0.127. The minimum atomic E-state index is -0.107. The molecule has 1 heterocycles. The summed E-state index contributed by atoms with van der Waals surface area (Å²) in [6, 6.07) is 0. The number of nitrogens with zero attached hydrogens (tertiary/aromatic N) is 2. The van der Waals surface area contributed by atoms with Crippen molar-refractivity contribution < 1.29 is 19.4 Å². The summed E-state index contributed by atoms with van der Waals surface area (Å²) in [6.07, 6.45) is 1.71. The van der Waals surface area contributed by atoms with Crippen LogP contribution >= 0.6 is 0 Å². The lowest BCUT2D eigenvalue weighted by Crippen LogP contribution is -2.45. The van der Waals surface area contributed by atoms with E-state index in [1.54, 1.807) is 11.9 Å². The van der Waals surface area contributed by atoms with E-state index in [9.17, 15) is 9.59 Å². The van der Waals surface area contributed by atoms with Crippen LogP contribution in [0.25, 0.3) is 0 Å². The first kappa shape index (κ1) is 14.9. The first-order valence-electron chi connectivity index (χ1n) is 6.26. The van der Waals surface area contributed by atoms with Crippen molar-refractivity contribution in [2.24, 2.45) is 0 Å². The van der Waals surface area contributed by atoms with Gasteiger partial charge in [-0.2, -0.15) is 0 Å². The molecule has 1 saturated heterocycles. The van der Waals surface area contributed by atoms with Crippen LogP contribution < -0.4 is 0 Å². The van der Waals surface area contributed by atoms with Crippen LogP contribution in [-0.2, 0) is 14.3 Å². The summed E-state index contributed by atoms with van der Waals surface area (Å²) in [5, 5.41) is 8.66. The van der Waals surface area contributed by atoms with Gasteiger partial charge in [0.05, 0.1) is 25.9 Å². The molecule has 1 rings (SSSR count). The number of piperidine rings is 1. The zero-order valence-corrected chi connectivity index (χ0v) is 11.1. The summed E-state index contributed by atoms with van der Waals surface area (Å²) in [5.41, 5.74) is 0. The summed E-state index contributed by atoms with van der Waals surface area (Å²) in [4.78, 5) is 26.1. The Labute approximate surface area is 107 Å². The molecule has 0 aliphatic carbocycles. The van der Waals surface area contributed by atoms with E-state index in [0.717, 1.165) is 12.8 Å². The first-order valence-corrected chi connectivity index (χ1v) is 6.26. The number of rotatable bonds is 5. The molecule has 1 aliphatic heterocycles. The molecule has 0 atom stereocenters. The van der Waals surface area contributed by atoms with Gasteiger partial charge >= 0.3 is 0 Å². The van der Waals surface area contributed by atoms with Gasteiger partial charge in [0.1, 0.15) is 0 Å². The summed E-state index contributed by atoms with van der Waals surface area (Å²) in [6.45, 7) is 3.27. The molecule has 0 bridgehead atoms. The average Bonchev–Trinajstić information content (AvgIpc) is 2.36. The van der Waals surface area contributed by atoms with Gasteiger partial charge in [-0.3, -0.25) is 9.59 Å². The number of carbonyl (C=O) groups is 2. The molecule has 0 aromatic rings. The number of ether oxygens (including phenoxy) is 1. The number of likely N-dealkylation sites (N-methyl/N-ethyl adjacent to an activating group) is 1. The van der Waals surface area contributed by atoms with E-state index in [-0.39, 0.29) is 31.1 Å². The topological polar surface area (TPSA) is 70.1 Å². The van der Waals surface area contributed by atoms with Crippen LogP contribution in [0.3, 0.4) is 0 Å². The van der Waals surface area contributed by atoms with Crippen molar-refractivity contribution in [2.45, 2.75) is 25.9 Å². The van der Waals surface area contributed by atoms with Gasteiger partial charge in [0.15, 0.2) is 0 Å². The van der Waals surface area contributed by atoms with Gasteiger partial charge in [-0.1, -0.05) is 0 Å². The van der Waals surface area contributed by atoms with Crippen LogP contribution in [0.15, 0.2) is 0 Å². The normalized spacial score (nSPS) is 16.7. The van der Waals surface area contributed by atoms with Crippen molar-refractivity contribution in [3.63, 3.8) is 0 Å². The third-order valence-corrected chi connectivity index (χ3v) is 3.15. The van der Waals surface area contributed by atoms with Gasteiger partial charge in [0.2, 0.25) is 11.8 Å². The standard InChI is InChI=1S/C12H22N2O4/c1-10(16)13(2)9-12(17)14-5-3-11(4-6-14)18-8-7-15/h11,15H,3-9H2,1-2H3. The van der Waals surface area contributed by atoms with Crippen LogP contribution in [0.2, 0.25) is 0 Å². The van der Waals surface area contributed by atoms with Crippen molar-refractivity contribution in [1.29, 1.82) is 0 Å². The first-order chi connectivity index (χ1) is 8.54. The molecule has 1 N–H and O–H groups in total. The second-order valence-corrected chi connectivity index (χ2v) is 4.55. The molecule has 1 fully saturated rings. The lowest BCUT2D eigenvalue weighted by atomic mass is 10.1. The summed E-state index contributed by atoms with van der Waals surface area (Å²) >= 11 is 0. The number of hydrogen-bond donors (Lipinski definition) is 1. The maximum Gasteiger partial charge on any atom is 0.242 e. The molecule has 0 radical (unpaired) electrons. The van der Waals surface area contributed by atoms with Crippen LogP contribution in [0, 0.1) is 0 Å². The van der Waals surface area contributed by atoms with E-state index >= 15 is 0 Å². The predicted octanol–water partition coefficient (Wildman–Crippen LogP) is -0.535. The number of hydrogen-bond acceptors (Lipinski definition) is 4. The van der Waals surface area contributed by atoms with E-state index < -0.39 is 0 Å². The Morgan fingerprint density at radius 1 is 1.39 bits per heavy atom. The van der Waals surface area contributed by atoms with Crippen LogP contribution in [0.4, 0.5) is 0 Å². The van der Waals surface area contributed by atoms with E-state index in [1.807, 2.05) is 0 Å². The highest BCUT2D eigenvalue weighted by molar-refractivity contribution is 5.83. The Morgan fingerprint density at radius 3 is 2.50 bits per heavy atom. The quantitative estimate of drug-likeness (QED) is 0.719. The van der Waals surface area contributed by atoms with Crippen molar-refractivity contribution >= 4 is 11.8 Å². The third kappa shape index (κ3) is 4.62. The Balaban J connectivity index is 2.29. The molecule has 104 valence electrons.